The maximum Gasteiger partial charge on any atom is 0.103 e. The third-order valence-electron chi connectivity index (χ3n) is 2.40. The van der Waals surface area contributed by atoms with Crippen LogP contribution in [-0.2, 0) is 10.8 Å². The van der Waals surface area contributed by atoms with E-state index in [1.807, 2.05) is 18.2 Å². The van der Waals surface area contributed by atoms with Crippen LogP contribution in [-0.4, -0.2) is 4.21 Å². The zero-order valence-corrected chi connectivity index (χ0v) is 11.7. The van der Waals surface area contributed by atoms with Crippen molar-refractivity contribution in [3.8, 4) is 6.07 Å². The van der Waals surface area contributed by atoms with Gasteiger partial charge in [0.1, 0.15) is 6.07 Å². The molecule has 2 rings (SSSR count). The van der Waals surface area contributed by atoms with Crippen molar-refractivity contribution in [3.05, 3.63) is 52.5 Å². The molecule has 0 aliphatic rings. The molecule has 0 amide bonds. The van der Waals surface area contributed by atoms with Crippen molar-refractivity contribution in [2.24, 2.45) is 0 Å². The van der Waals surface area contributed by atoms with Gasteiger partial charge in [-0.1, -0.05) is 22.0 Å². The summed E-state index contributed by atoms with van der Waals surface area (Å²) in [4.78, 5) is 1.08. The van der Waals surface area contributed by atoms with Crippen LogP contribution in [0.15, 0.2) is 56.7 Å². The van der Waals surface area contributed by atoms with E-state index in [0.29, 0.717) is 15.5 Å². The van der Waals surface area contributed by atoms with Crippen LogP contribution in [0.4, 0.5) is 5.69 Å². The molecule has 18 heavy (non-hydrogen) atoms. The monoisotopic (exact) mass is 320 g/mol. The second-order valence-corrected chi connectivity index (χ2v) is 5.92. The summed E-state index contributed by atoms with van der Waals surface area (Å²) in [5, 5.41) is 9.07. The minimum Gasteiger partial charge on any atom is -0.398 e. The van der Waals surface area contributed by atoms with Gasteiger partial charge in [-0.25, -0.2) is 4.21 Å². The molecule has 0 saturated heterocycles. The van der Waals surface area contributed by atoms with E-state index >= 15 is 0 Å². The van der Waals surface area contributed by atoms with E-state index in [0.717, 1.165) is 4.47 Å². The molecule has 0 aliphatic carbocycles. The lowest BCUT2D eigenvalue weighted by molar-refractivity contribution is 0.683. The Hall–Kier alpha value is -1.64. The predicted molar refractivity (Wildman–Crippen MR) is 74.4 cm³/mol. The number of anilines is 1. The Morgan fingerprint density at radius 2 is 1.83 bits per heavy atom. The minimum atomic E-state index is -1.40. The molecule has 0 aromatic heterocycles. The summed E-state index contributed by atoms with van der Waals surface area (Å²) in [5.41, 5.74) is 6.33. The molecule has 3 nitrogen and oxygen atoms in total. The topological polar surface area (TPSA) is 66.9 Å². The van der Waals surface area contributed by atoms with Crippen molar-refractivity contribution in [2.45, 2.75) is 9.79 Å². The molecule has 0 unspecified atom stereocenters. The van der Waals surface area contributed by atoms with E-state index in [1.54, 1.807) is 30.3 Å². The highest BCUT2D eigenvalue weighted by atomic mass is 79.9. The Labute approximate surface area is 116 Å². The zero-order chi connectivity index (χ0) is 13.1. The van der Waals surface area contributed by atoms with Gasteiger partial charge in [0.15, 0.2) is 0 Å². The lowest BCUT2D eigenvalue weighted by Crippen LogP contribution is -1.99. The molecule has 1 atom stereocenters. The molecular formula is C13H9BrN2OS. The van der Waals surface area contributed by atoms with Gasteiger partial charge in [0.25, 0.3) is 0 Å². The van der Waals surface area contributed by atoms with E-state index in [1.165, 1.54) is 0 Å². The van der Waals surface area contributed by atoms with Gasteiger partial charge in [0, 0.05) is 9.37 Å². The molecule has 2 N–H and O–H groups in total. The molecule has 0 aliphatic heterocycles. The second-order valence-electron chi connectivity index (χ2n) is 3.55. The highest BCUT2D eigenvalue weighted by Crippen LogP contribution is 2.24. The van der Waals surface area contributed by atoms with Crippen molar-refractivity contribution in [3.63, 3.8) is 0 Å². The fourth-order valence-electron chi connectivity index (χ4n) is 1.51. The molecule has 0 radical (unpaired) electrons. The van der Waals surface area contributed by atoms with Crippen molar-refractivity contribution < 1.29 is 4.21 Å². The highest BCUT2D eigenvalue weighted by molar-refractivity contribution is 9.10. The first-order chi connectivity index (χ1) is 8.63. The number of hydrogen-bond acceptors (Lipinski definition) is 3. The fraction of sp³-hybridized carbons (Fsp3) is 0. The Balaban J connectivity index is 2.50. The van der Waals surface area contributed by atoms with Gasteiger partial charge in [0.2, 0.25) is 0 Å². The largest absolute Gasteiger partial charge is 0.398 e. The quantitative estimate of drug-likeness (QED) is 0.865. The number of rotatable bonds is 2. The number of nitrogens with zero attached hydrogens (tertiary/aromatic N) is 1. The van der Waals surface area contributed by atoms with Crippen molar-refractivity contribution in [1.29, 1.82) is 5.26 Å². The Morgan fingerprint density at radius 1 is 1.17 bits per heavy atom. The summed E-state index contributed by atoms with van der Waals surface area (Å²) >= 11 is 3.32. The van der Waals surface area contributed by atoms with Gasteiger partial charge >= 0.3 is 0 Å². The van der Waals surface area contributed by atoms with Crippen molar-refractivity contribution in [2.75, 3.05) is 5.73 Å². The Morgan fingerprint density at radius 3 is 2.44 bits per heavy atom. The van der Waals surface area contributed by atoms with Gasteiger partial charge in [-0.3, -0.25) is 0 Å². The summed E-state index contributed by atoms with van der Waals surface area (Å²) in [6.07, 6.45) is 0. The standard InChI is InChI=1S/C13H9BrN2OS/c14-9-4-6-10(7-5-9)18(17)13-3-1-2-12(16)11(13)8-15/h1-7H,16H2/t18-/m1/s1. The highest BCUT2D eigenvalue weighted by Gasteiger charge is 2.13. The minimum absolute atomic E-state index is 0.277. The number of hydrogen-bond donors (Lipinski definition) is 1. The molecular weight excluding hydrogens is 312 g/mol. The molecule has 2 aromatic rings. The molecule has 5 heteroatoms. The molecule has 90 valence electrons. The van der Waals surface area contributed by atoms with E-state index in [4.69, 9.17) is 11.0 Å². The third kappa shape index (κ3) is 2.45. The van der Waals surface area contributed by atoms with E-state index in [9.17, 15) is 4.21 Å². The van der Waals surface area contributed by atoms with Gasteiger partial charge in [-0.05, 0) is 36.4 Å². The first-order valence-corrected chi connectivity index (χ1v) is 7.03. The molecule has 0 bridgehead atoms. The smallest absolute Gasteiger partial charge is 0.103 e. The van der Waals surface area contributed by atoms with E-state index < -0.39 is 10.8 Å². The maximum absolute atomic E-state index is 12.4. The molecule has 0 heterocycles. The first-order valence-electron chi connectivity index (χ1n) is 5.09. The second kappa shape index (κ2) is 5.34. The summed E-state index contributed by atoms with van der Waals surface area (Å²) in [7, 11) is -1.40. The summed E-state index contributed by atoms with van der Waals surface area (Å²) in [6.45, 7) is 0. The van der Waals surface area contributed by atoms with Crippen LogP contribution in [0.5, 0.6) is 0 Å². The molecule has 0 spiro atoms. The third-order valence-corrected chi connectivity index (χ3v) is 4.37. The van der Waals surface area contributed by atoms with E-state index in [-0.39, 0.29) is 5.56 Å². The maximum atomic E-state index is 12.4. The molecule has 0 saturated carbocycles. The molecule has 0 fully saturated rings. The fourth-order valence-corrected chi connectivity index (χ4v) is 2.96. The average molecular weight is 321 g/mol. The first kappa shape index (κ1) is 12.8. The average Bonchev–Trinajstić information content (AvgIpc) is 2.38. The van der Waals surface area contributed by atoms with Crippen LogP contribution in [0.3, 0.4) is 0 Å². The van der Waals surface area contributed by atoms with Crippen LogP contribution >= 0.6 is 15.9 Å². The van der Waals surface area contributed by atoms with Gasteiger partial charge < -0.3 is 5.73 Å². The number of nitrogens with two attached hydrogens (primary N) is 1. The Kier molecular flexibility index (Phi) is 3.80. The van der Waals surface area contributed by atoms with Crippen LogP contribution in [0.2, 0.25) is 0 Å². The summed E-state index contributed by atoms with van der Waals surface area (Å²) in [6, 6.07) is 14.1. The SMILES string of the molecule is N#Cc1c(N)cccc1[S@](=O)c1ccc(Br)cc1. The lowest BCUT2D eigenvalue weighted by atomic mass is 10.2. The van der Waals surface area contributed by atoms with Crippen LogP contribution in [0.1, 0.15) is 5.56 Å². The summed E-state index contributed by atoms with van der Waals surface area (Å²) in [5.74, 6) is 0. The summed E-state index contributed by atoms with van der Waals surface area (Å²) < 4.78 is 13.3. The number of nitrogen functional groups attached to an aromatic ring is 1. The van der Waals surface area contributed by atoms with Crippen LogP contribution in [0.25, 0.3) is 0 Å². The number of benzene rings is 2. The van der Waals surface area contributed by atoms with Crippen LogP contribution < -0.4 is 5.73 Å². The van der Waals surface area contributed by atoms with Crippen molar-refractivity contribution in [1.82, 2.24) is 0 Å². The van der Waals surface area contributed by atoms with Crippen molar-refractivity contribution >= 4 is 32.4 Å². The predicted octanol–water partition coefficient (Wildman–Crippen LogP) is 3.07. The number of nitriles is 1. The van der Waals surface area contributed by atoms with Gasteiger partial charge in [-0.15, -0.1) is 0 Å². The van der Waals surface area contributed by atoms with Gasteiger partial charge in [0.05, 0.1) is 26.9 Å². The van der Waals surface area contributed by atoms with Gasteiger partial charge in [-0.2, -0.15) is 5.26 Å². The normalized spacial score (nSPS) is 11.8. The molecule has 2 aromatic carbocycles. The van der Waals surface area contributed by atoms with E-state index in [2.05, 4.69) is 15.9 Å². The number of halogens is 1. The zero-order valence-electron chi connectivity index (χ0n) is 9.26. The lowest BCUT2D eigenvalue weighted by Gasteiger charge is -2.06. The van der Waals surface area contributed by atoms with Crippen LogP contribution in [0, 0.1) is 11.3 Å². The Bertz CT molecular complexity index is 647.